The van der Waals surface area contributed by atoms with Crippen LogP contribution in [0, 0.1) is 5.92 Å². The van der Waals surface area contributed by atoms with Gasteiger partial charge >= 0.3 is 5.97 Å². The van der Waals surface area contributed by atoms with Crippen LogP contribution in [-0.4, -0.2) is 43.3 Å². The highest BCUT2D eigenvalue weighted by atomic mass is 79.9. The minimum Gasteiger partial charge on any atom is -0.478 e. The Balaban J connectivity index is 2.27. The van der Waals surface area contributed by atoms with Crippen LogP contribution in [-0.2, 0) is 9.53 Å². The first kappa shape index (κ1) is 16.4. The molecule has 1 amide bonds. The first-order chi connectivity index (χ1) is 9.93. The topological polar surface area (TPSA) is 87.7 Å². The Morgan fingerprint density at radius 1 is 1.33 bits per heavy atom. The van der Waals surface area contributed by atoms with Crippen LogP contribution in [0.2, 0.25) is 0 Å². The molecule has 114 valence electrons. The maximum atomic E-state index is 12.3. The molecule has 1 saturated heterocycles. The molecule has 0 bridgehead atoms. The molecule has 6 nitrogen and oxygen atoms in total. The van der Waals surface area contributed by atoms with Crippen molar-refractivity contribution in [2.45, 2.75) is 6.04 Å². The summed E-state index contributed by atoms with van der Waals surface area (Å²) in [5.41, 5.74) is 0.266. The van der Waals surface area contributed by atoms with E-state index in [9.17, 15) is 14.7 Å². The molecule has 1 aromatic rings. The van der Waals surface area contributed by atoms with Gasteiger partial charge in [0.15, 0.2) is 0 Å². The van der Waals surface area contributed by atoms with Crippen LogP contribution in [0.15, 0.2) is 21.1 Å². The molecular formula is C13H14Br2N2O4. The van der Waals surface area contributed by atoms with E-state index >= 15 is 0 Å². The van der Waals surface area contributed by atoms with Crippen molar-refractivity contribution < 1.29 is 19.4 Å². The van der Waals surface area contributed by atoms with Crippen LogP contribution in [0.25, 0.3) is 0 Å². The summed E-state index contributed by atoms with van der Waals surface area (Å²) in [6.07, 6.45) is 0. The van der Waals surface area contributed by atoms with Crippen LogP contribution in [0.5, 0.6) is 0 Å². The number of carboxylic acids is 1. The Labute approximate surface area is 138 Å². The van der Waals surface area contributed by atoms with Gasteiger partial charge in [-0.3, -0.25) is 4.79 Å². The van der Waals surface area contributed by atoms with E-state index in [4.69, 9.17) is 4.74 Å². The predicted octanol–water partition coefficient (Wildman–Crippen LogP) is 2.08. The summed E-state index contributed by atoms with van der Waals surface area (Å²) in [6, 6.07) is 3.05. The van der Waals surface area contributed by atoms with E-state index in [1.165, 1.54) is 6.07 Å². The first-order valence-corrected chi connectivity index (χ1v) is 7.81. The van der Waals surface area contributed by atoms with Crippen molar-refractivity contribution in [2.24, 2.45) is 5.92 Å². The normalized spacial score (nSPS) is 21.3. The number of aromatic carboxylic acids is 1. The number of rotatable bonds is 4. The van der Waals surface area contributed by atoms with Crippen molar-refractivity contribution in [2.75, 3.05) is 25.6 Å². The first-order valence-electron chi connectivity index (χ1n) is 6.22. The maximum Gasteiger partial charge on any atom is 0.337 e. The molecule has 1 aliphatic heterocycles. The molecule has 2 atom stereocenters. The SMILES string of the molecule is CNC1COCC1C(=O)Nc1c(Br)cc(Br)cc1C(=O)O. The number of anilines is 1. The van der Waals surface area contributed by atoms with E-state index in [0.717, 1.165) is 0 Å². The number of halogens is 2. The summed E-state index contributed by atoms with van der Waals surface area (Å²) in [6.45, 7) is 0.774. The van der Waals surface area contributed by atoms with E-state index in [0.29, 0.717) is 22.2 Å². The Hall–Kier alpha value is -0.960. The second kappa shape index (κ2) is 6.87. The lowest BCUT2D eigenvalue weighted by molar-refractivity contribution is -0.120. The zero-order valence-corrected chi connectivity index (χ0v) is 14.3. The van der Waals surface area contributed by atoms with Crippen LogP contribution in [0.1, 0.15) is 10.4 Å². The zero-order chi connectivity index (χ0) is 15.6. The quantitative estimate of drug-likeness (QED) is 0.692. The lowest BCUT2D eigenvalue weighted by atomic mass is 10.0. The summed E-state index contributed by atoms with van der Waals surface area (Å²) in [5.74, 6) is -1.73. The molecular weight excluding hydrogens is 408 g/mol. The molecule has 0 spiro atoms. The van der Waals surface area contributed by atoms with Gasteiger partial charge in [0.05, 0.1) is 30.4 Å². The third kappa shape index (κ3) is 3.63. The van der Waals surface area contributed by atoms with E-state index in [1.807, 2.05) is 0 Å². The van der Waals surface area contributed by atoms with Crippen molar-refractivity contribution in [3.05, 3.63) is 26.6 Å². The van der Waals surface area contributed by atoms with Crippen molar-refractivity contribution in [3.8, 4) is 0 Å². The van der Waals surface area contributed by atoms with Gasteiger partial charge in [0.1, 0.15) is 0 Å². The zero-order valence-electron chi connectivity index (χ0n) is 11.2. The van der Waals surface area contributed by atoms with Gasteiger partial charge in [-0.2, -0.15) is 0 Å². The smallest absolute Gasteiger partial charge is 0.337 e. The number of nitrogens with one attached hydrogen (secondary N) is 2. The molecule has 1 heterocycles. The van der Waals surface area contributed by atoms with Crippen molar-refractivity contribution in [1.29, 1.82) is 0 Å². The Bertz CT molecular complexity index is 580. The van der Waals surface area contributed by atoms with E-state index in [-0.39, 0.29) is 29.1 Å². The van der Waals surface area contributed by atoms with Gasteiger partial charge in [0.25, 0.3) is 0 Å². The largest absolute Gasteiger partial charge is 0.478 e. The highest BCUT2D eigenvalue weighted by molar-refractivity contribution is 9.11. The van der Waals surface area contributed by atoms with E-state index < -0.39 is 5.97 Å². The van der Waals surface area contributed by atoms with Crippen LogP contribution in [0.3, 0.4) is 0 Å². The number of carbonyl (C=O) groups is 2. The van der Waals surface area contributed by atoms with Crippen molar-refractivity contribution in [1.82, 2.24) is 5.32 Å². The fraction of sp³-hybridized carbons (Fsp3) is 0.385. The molecule has 0 aliphatic carbocycles. The Kier molecular flexibility index (Phi) is 5.37. The van der Waals surface area contributed by atoms with Crippen LogP contribution in [0.4, 0.5) is 5.69 Å². The number of carboxylic acid groups (broad SMARTS) is 1. The molecule has 0 saturated carbocycles. The summed E-state index contributed by atoms with van der Waals surface area (Å²) < 4.78 is 6.40. The van der Waals surface area contributed by atoms with Crippen LogP contribution < -0.4 is 10.6 Å². The van der Waals surface area contributed by atoms with Gasteiger partial charge in [-0.15, -0.1) is 0 Å². The average Bonchev–Trinajstić information content (AvgIpc) is 2.89. The summed E-state index contributed by atoms with van der Waals surface area (Å²) in [5, 5.41) is 15.0. The number of carbonyl (C=O) groups excluding carboxylic acids is 1. The lowest BCUT2D eigenvalue weighted by Crippen LogP contribution is -2.39. The molecule has 8 heteroatoms. The molecule has 2 unspecified atom stereocenters. The van der Waals surface area contributed by atoms with Gasteiger partial charge in [0, 0.05) is 15.0 Å². The predicted molar refractivity (Wildman–Crippen MR) is 84.6 cm³/mol. The number of hydrogen-bond acceptors (Lipinski definition) is 4. The average molecular weight is 422 g/mol. The van der Waals surface area contributed by atoms with Gasteiger partial charge < -0.3 is 20.5 Å². The monoisotopic (exact) mass is 420 g/mol. The number of ether oxygens (including phenoxy) is 1. The lowest BCUT2D eigenvalue weighted by Gasteiger charge is -2.18. The van der Waals surface area contributed by atoms with Crippen LogP contribution >= 0.6 is 31.9 Å². The summed E-state index contributed by atoms with van der Waals surface area (Å²) >= 11 is 6.51. The van der Waals surface area contributed by atoms with Gasteiger partial charge in [-0.1, -0.05) is 15.9 Å². The van der Waals surface area contributed by atoms with Crippen molar-refractivity contribution >= 4 is 49.4 Å². The summed E-state index contributed by atoms with van der Waals surface area (Å²) in [7, 11) is 1.76. The van der Waals surface area contributed by atoms with Crippen molar-refractivity contribution in [3.63, 3.8) is 0 Å². The fourth-order valence-electron chi connectivity index (χ4n) is 2.18. The molecule has 0 aromatic heterocycles. The minimum atomic E-state index is -1.11. The van der Waals surface area contributed by atoms with E-state index in [2.05, 4.69) is 42.5 Å². The molecule has 1 aliphatic rings. The van der Waals surface area contributed by atoms with Gasteiger partial charge in [0.2, 0.25) is 5.91 Å². The van der Waals surface area contributed by atoms with E-state index in [1.54, 1.807) is 13.1 Å². The minimum absolute atomic E-state index is 0.0181. The number of amides is 1. The third-order valence-electron chi connectivity index (χ3n) is 3.32. The Morgan fingerprint density at radius 3 is 2.67 bits per heavy atom. The number of likely N-dealkylation sites (N-methyl/N-ethyl adjacent to an activating group) is 1. The van der Waals surface area contributed by atoms with Gasteiger partial charge in [-0.05, 0) is 35.1 Å². The number of hydrogen-bond donors (Lipinski definition) is 3. The highest BCUT2D eigenvalue weighted by Gasteiger charge is 2.33. The number of benzene rings is 1. The maximum absolute atomic E-state index is 12.3. The summed E-state index contributed by atoms with van der Waals surface area (Å²) in [4.78, 5) is 23.7. The molecule has 1 fully saturated rings. The van der Waals surface area contributed by atoms with Gasteiger partial charge in [-0.25, -0.2) is 4.79 Å². The fourth-order valence-corrected chi connectivity index (χ4v) is 3.51. The second-order valence-corrected chi connectivity index (χ2v) is 6.41. The third-order valence-corrected chi connectivity index (χ3v) is 4.40. The highest BCUT2D eigenvalue weighted by Crippen LogP contribution is 2.31. The standard InChI is InChI=1S/C13H14Br2N2O4/c1-16-10-5-21-4-8(10)12(18)17-11-7(13(19)20)2-6(14)3-9(11)15/h2-3,8,10,16H,4-5H2,1H3,(H,17,18)(H,19,20). The molecule has 1 aromatic carbocycles. The molecule has 2 rings (SSSR count). The molecule has 0 radical (unpaired) electrons. The Morgan fingerprint density at radius 2 is 2.05 bits per heavy atom. The molecule has 3 N–H and O–H groups in total. The second-order valence-electron chi connectivity index (χ2n) is 4.64. The molecule has 21 heavy (non-hydrogen) atoms.